The summed E-state index contributed by atoms with van der Waals surface area (Å²) in [5, 5.41) is 0. The van der Waals surface area contributed by atoms with Gasteiger partial charge in [-0.05, 0) is 43.0 Å². The van der Waals surface area contributed by atoms with Crippen molar-refractivity contribution in [3.63, 3.8) is 0 Å². The summed E-state index contributed by atoms with van der Waals surface area (Å²) < 4.78 is 5.67. The van der Waals surface area contributed by atoms with Gasteiger partial charge in [0.15, 0.2) is 0 Å². The van der Waals surface area contributed by atoms with Crippen LogP contribution in [0.2, 0.25) is 0 Å². The van der Waals surface area contributed by atoms with Crippen LogP contribution >= 0.6 is 12.6 Å². The highest BCUT2D eigenvalue weighted by Gasteiger charge is 2.00. The maximum atomic E-state index is 5.67. The molecule has 0 unspecified atom stereocenters. The smallest absolute Gasteiger partial charge is 0.122 e. The molecule has 0 radical (unpaired) electrons. The van der Waals surface area contributed by atoms with E-state index in [1.54, 1.807) is 0 Å². The lowest BCUT2D eigenvalue weighted by Crippen LogP contribution is -2.02. The van der Waals surface area contributed by atoms with Crippen molar-refractivity contribution in [2.24, 2.45) is 5.92 Å². The Balaban J connectivity index is 2.51. The monoisotopic (exact) mass is 210 g/mol. The average molecular weight is 210 g/mol. The van der Waals surface area contributed by atoms with E-state index in [0.717, 1.165) is 29.2 Å². The number of hydrogen-bond acceptors (Lipinski definition) is 2. The minimum atomic E-state index is 0.694. The highest BCUT2D eigenvalue weighted by Crippen LogP contribution is 2.21. The zero-order chi connectivity index (χ0) is 10.6. The van der Waals surface area contributed by atoms with Crippen LogP contribution in [0.5, 0.6) is 5.75 Å². The number of ether oxygens (including phenoxy) is 1. The van der Waals surface area contributed by atoms with Crippen LogP contribution in [0.15, 0.2) is 23.1 Å². The van der Waals surface area contributed by atoms with Gasteiger partial charge in [-0.3, -0.25) is 0 Å². The zero-order valence-electron chi connectivity index (χ0n) is 9.08. The van der Waals surface area contributed by atoms with Crippen LogP contribution in [0.25, 0.3) is 0 Å². The first kappa shape index (κ1) is 11.4. The van der Waals surface area contributed by atoms with E-state index in [-0.39, 0.29) is 0 Å². The van der Waals surface area contributed by atoms with Crippen molar-refractivity contribution in [3.8, 4) is 5.75 Å². The first-order valence-electron chi connectivity index (χ1n) is 5.02. The van der Waals surface area contributed by atoms with Crippen LogP contribution in [-0.4, -0.2) is 6.61 Å². The predicted octanol–water partition coefficient (Wildman–Crippen LogP) is 3.71. The predicted molar refractivity (Wildman–Crippen MR) is 63.4 cm³/mol. The summed E-state index contributed by atoms with van der Waals surface area (Å²) in [6, 6.07) is 5.96. The van der Waals surface area contributed by atoms with Crippen molar-refractivity contribution in [1.29, 1.82) is 0 Å². The summed E-state index contributed by atoms with van der Waals surface area (Å²) in [5.74, 6) is 1.67. The molecule has 0 saturated carbocycles. The van der Waals surface area contributed by atoms with E-state index in [2.05, 4.69) is 26.5 Å². The molecule has 1 rings (SSSR count). The molecule has 0 heterocycles. The van der Waals surface area contributed by atoms with E-state index in [4.69, 9.17) is 4.74 Å². The van der Waals surface area contributed by atoms with Gasteiger partial charge in [-0.2, -0.15) is 0 Å². The Morgan fingerprint density at radius 2 is 2.07 bits per heavy atom. The molecule has 14 heavy (non-hydrogen) atoms. The second-order valence-corrected chi connectivity index (χ2v) is 4.50. The Bertz CT molecular complexity index is 294. The SMILES string of the molecule is Cc1cc(S)ccc1OCCC(C)C. The van der Waals surface area contributed by atoms with Crippen molar-refractivity contribution in [2.45, 2.75) is 32.1 Å². The van der Waals surface area contributed by atoms with Crippen LogP contribution in [0.3, 0.4) is 0 Å². The number of hydrogen-bond donors (Lipinski definition) is 1. The topological polar surface area (TPSA) is 9.23 Å². The average Bonchev–Trinajstić information content (AvgIpc) is 2.08. The number of aryl methyl sites for hydroxylation is 1. The van der Waals surface area contributed by atoms with Gasteiger partial charge < -0.3 is 4.74 Å². The summed E-state index contributed by atoms with van der Waals surface area (Å²) in [5.41, 5.74) is 1.15. The summed E-state index contributed by atoms with van der Waals surface area (Å²) in [7, 11) is 0. The van der Waals surface area contributed by atoms with Crippen molar-refractivity contribution in [2.75, 3.05) is 6.61 Å². The molecule has 0 saturated heterocycles. The third kappa shape index (κ3) is 3.62. The third-order valence-corrected chi connectivity index (χ3v) is 2.39. The molecule has 1 nitrogen and oxygen atoms in total. The molecule has 1 aromatic rings. The first-order chi connectivity index (χ1) is 6.59. The normalized spacial score (nSPS) is 10.6. The number of benzene rings is 1. The number of thiol groups is 1. The quantitative estimate of drug-likeness (QED) is 0.745. The Morgan fingerprint density at radius 3 is 2.64 bits per heavy atom. The summed E-state index contributed by atoms with van der Waals surface area (Å²) >= 11 is 4.27. The van der Waals surface area contributed by atoms with Gasteiger partial charge in [0.2, 0.25) is 0 Å². The van der Waals surface area contributed by atoms with Crippen LogP contribution < -0.4 is 4.74 Å². The third-order valence-electron chi connectivity index (χ3n) is 2.11. The van der Waals surface area contributed by atoms with Crippen molar-refractivity contribution >= 4 is 12.6 Å². The Labute approximate surface area is 91.9 Å². The molecule has 2 heteroatoms. The molecule has 0 aliphatic rings. The lowest BCUT2D eigenvalue weighted by atomic mass is 10.1. The Kier molecular flexibility index (Phi) is 4.33. The van der Waals surface area contributed by atoms with Crippen LogP contribution in [-0.2, 0) is 0 Å². The van der Waals surface area contributed by atoms with E-state index in [0.29, 0.717) is 5.92 Å². The molecular weight excluding hydrogens is 192 g/mol. The standard InChI is InChI=1S/C12H18OS/c1-9(2)6-7-13-12-5-4-11(14)8-10(12)3/h4-5,8-9,14H,6-7H2,1-3H3. The molecule has 0 spiro atoms. The first-order valence-corrected chi connectivity index (χ1v) is 5.46. The Hall–Kier alpha value is -0.630. The second-order valence-electron chi connectivity index (χ2n) is 3.98. The maximum Gasteiger partial charge on any atom is 0.122 e. The summed E-state index contributed by atoms with van der Waals surface area (Å²) in [6.45, 7) is 7.24. The lowest BCUT2D eigenvalue weighted by molar-refractivity contribution is 0.287. The molecule has 1 aromatic carbocycles. The van der Waals surface area contributed by atoms with E-state index in [1.807, 2.05) is 25.1 Å². The molecule has 0 fully saturated rings. The zero-order valence-corrected chi connectivity index (χ0v) is 9.97. The van der Waals surface area contributed by atoms with Crippen LogP contribution in [0.1, 0.15) is 25.8 Å². The van der Waals surface area contributed by atoms with Gasteiger partial charge in [-0.15, -0.1) is 12.6 Å². The van der Waals surface area contributed by atoms with Gasteiger partial charge in [-0.1, -0.05) is 13.8 Å². The molecule has 0 bridgehead atoms. The van der Waals surface area contributed by atoms with E-state index in [1.165, 1.54) is 0 Å². The van der Waals surface area contributed by atoms with E-state index < -0.39 is 0 Å². The molecule has 0 aliphatic carbocycles. The molecule has 0 aromatic heterocycles. The maximum absolute atomic E-state index is 5.67. The van der Waals surface area contributed by atoms with Gasteiger partial charge >= 0.3 is 0 Å². The van der Waals surface area contributed by atoms with Crippen molar-refractivity contribution in [1.82, 2.24) is 0 Å². The fourth-order valence-electron chi connectivity index (χ4n) is 1.20. The van der Waals surface area contributed by atoms with Gasteiger partial charge in [0.25, 0.3) is 0 Å². The minimum Gasteiger partial charge on any atom is -0.493 e. The molecule has 0 aliphatic heterocycles. The lowest BCUT2D eigenvalue weighted by Gasteiger charge is -2.10. The van der Waals surface area contributed by atoms with E-state index >= 15 is 0 Å². The van der Waals surface area contributed by atoms with Gasteiger partial charge in [-0.25, -0.2) is 0 Å². The van der Waals surface area contributed by atoms with Crippen LogP contribution in [0.4, 0.5) is 0 Å². The van der Waals surface area contributed by atoms with Crippen LogP contribution in [0, 0.1) is 12.8 Å². The molecule has 78 valence electrons. The highest BCUT2D eigenvalue weighted by atomic mass is 32.1. The van der Waals surface area contributed by atoms with E-state index in [9.17, 15) is 0 Å². The summed E-state index contributed by atoms with van der Waals surface area (Å²) in [4.78, 5) is 0.985. The molecule has 0 atom stereocenters. The fraction of sp³-hybridized carbons (Fsp3) is 0.500. The molecule has 0 amide bonds. The number of rotatable bonds is 4. The van der Waals surface area contributed by atoms with Gasteiger partial charge in [0, 0.05) is 4.90 Å². The second kappa shape index (κ2) is 5.30. The largest absolute Gasteiger partial charge is 0.493 e. The highest BCUT2D eigenvalue weighted by molar-refractivity contribution is 7.80. The van der Waals surface area contributed by atoms with Gasteiger partial charge in [0.05, 0.1) is 6.61 Å². The minimum absolute atomic E-state index is 0.694. The van der Waals surface area contributed by atoms with Gasteiger partial charge in [0.1, 0.15) is 5.75 Å². The van der Waals surface area contributed by atoms with Crippen molar-refractivity contribution < 1.29 is 4.74 Å². The fourth-order valence-corrected chi connectivity index (χ4v) is 1.47. The Morgan fingerprint density at radius 1 is 1.36 bits per heavy atom. The molecular formula is C12H18OS. The summed E-state index contributed by atoms with van der Waals surface area (Å²) in [6.07, 6.45) is 1.10. The molecule has 0 N–H and O–H groups in total. The van der Waals surface area contributed by atoms with Crippen molar-refractivity contribution in [3.05, 3.63) is 23.8 Å².